The fourth-order valence-corrected chi connectivity index (χ4v) is 2.01. The minimum Gasteiger partial charge on any atom is -0.220 e. The van der Waals surface area contributed by atoms with Crippen LogP contribution in [0.2, 0.25) is 10.3 Å². The van der Waals surface area contributed by atoms with E-state index in [9.17, 15) is 8.78 Å². The number of benzene rings is 1. The van der Waals surface area contributed by atoms with Gasteiger partial charge in [0.1, 0.15) is 27.8 Å². The molecular weight excluding hydrogens is 349 g/mol. The van der Waals surface area contributed by atoms with Crippen LogP contribution in [0.3, 0.4) is 0 Å². The normalized spacial score (nSPS) is 10.7. The van der Waals surface area contributed by atoms with Gasteiger partial charge in [0.05, 0.1) is 4.47 Å². The summed E-state index contributed by atoms with van der Waals surface area (Å²) in [5, 5.41) is 0.309. The van der Waals surface area contributed by atoms with E-state index in [2.05, 4.69) is 25.9 Å². The Morgan fingerprint density at radius 1 is 1.00 bits per heavy atom. The summed E-state index contributed by atoms with van der Waals surface area (Å²) in [6.45, 7) is 0. The van der Waals surface area contributed by atoms with Crippen LogP contribution in [0.4, 0.5) is 8.78 Å². The molecule has 2 nitrogen and oxygen atoms in total. The van der Waals surface area contributed by atoms with Crippen molar-refractivity contribution in [2.24, 2.45) is 0 Å². The molecule has 0 amide bonds. The van der Waals surface area contributed by atoms with E-state index in [1.165, 1.54) is 12.1 Å². The summed E-state index contributed by atoms with van der Waals surface area (Å²) in [6, 6.07) is 3.21. The van der Waals surface area contributed by atoms with Crippen molar-refractivity contribution in [1.82, 2.24) is 9.97 Å². The van der Waals surface area contributed by atoms with Crippen molar-refractivity contribution in [3.05, 3.63) is 56.0 Å². The SMILES string of the molecule is Fc1cc(F)cc(Cc2nc(Cl)c(Br)c(Cl)n2)c1. The molecule has 0 bridgehead atoms. The van der Waals surface area contributed by atoms with Crippen LogP contribution in [-0.4, -0.2) is 9.97 Å². The fraction of sp³-hybridized carbons (Fsp3) is 0.0909. The maximum absolute atomic E-state index is 13.0. The molecule has 0 saturated carbocycles. The van der Waals surface area contributed by atoms with E-state index in [0.29, 0.717) is 15.9 Å². The van der Waals surface area contributed by atoms with Gasteiger partial charge in [-0.2, -0.15) is 0 Å². The molecule has 1 aromatic heterocycles. The number of hydrogen-bond donors (Lipinski definition) is 0. The predicted molar refractivity (Wildman–Crippen MR) is 68.9 cm³/mol. The monoisotopic (exact) mass is 352 g/mol. The van der Waals surface area contributed by atoms with Gasteiger partial charge in [-0.05, 0) is 33.6 Å². The average molecular weight is 354 g/mol. The third kappa shape index (κ3) is 3.16. The predicted octanol–water partition coefficient (Wildman–Crippen LogP) is 4.41. The second-order valence-corrected chi connectivity index (χ2v) is 5.00. The Balaban J connectivity index is 2.34. The molecule has 0 aliphatic carbocycles. The highest BCUT2D eigenvalue weighted by atomic mass is 79.9. The molecule has 18 heavy (non-hydrogen) atoms. The Morgan fingerprint density at radius 3 is 2.00 bits per heavy atom. The Bertz CT molecular complexity index is 564. The van der Waals surface area contributed by atoms with Crippen molar-refractivity contribution >= 4 is 39.1 Å². The summed E-state index contributed by atoms with van der Waals surface area (Å²) in [4.78, 5) is 7.93. The second kappa shape index (κ2) is 5.47. The largest absolute Gasteiger partial charge is 0.220 e. The van der Waals surface area contributed by atoms with Crippen LogP contribution in [0.25, 0.3) is 0 Å². The summed E-state index contributed by atoms with van der Waals surface area (Å²) in [5.74, 6) is -1.02. The minimum absolute atomic E-state index is 0.140. The van der Waals surface area contributed by atoms with Crippen LogP contribution in [0.1, 0.15) is 11.4 Å². The van der Waals surface area contributed by atoms with Gasteiger partial charge in [-0.25, -0.2) is 18.7 Å². The molecule has 0 aliphatic heterocycles. The molecule has 0 saturated heterocycles. The van der Waals surface area contributed by atoms with Gasteiger partial charge in [0, 0.05) is 12.5 Å². The van der Waals surface area contributed by atoms with Crippen LogP contribution < -0.4 is 0 Å². The average Bonchev–Trinajstić information content (AvgIpc) is 2.24. The van der Waals surface area contributed by atoms with Crippen molar-refractivity contribution in [3.8, 4) is 0 Å². The van der Waals surface area contributed by atoms with Crippen molar-refractivity contribution in [3.63, 3.8) is 0 Å². The molecule has 0 fully saturated rings. The Hall–Kier alpha value is -0.780. The smallest absolute Gasteiger partial charge is 0.148 e. The van der Waals surface area contributed by atoms with Gasteiger partial charge in [0.2, 0.25) is 0 Å². The highest BCUT2D eigenvalue weighted by molar-refractivity contribution is 9.10. The zero-order chi connectivity index (χ0) is 13.3. The number of aromatic nitrogens is 2. The van der Waals surface area contributed by atoms with Gasteiger partial charge in [0.25, 0.3) is 0 Å². The van der Waals surface area contributed by atoms with E-state index in [-0.39, 0.29) is 16.7 Å². The second-order valence-electron chi connectivity index (χ2n) is 3.49. The Morgan fingerprint density at radius 2 is 1.50 bits per heavy atom. The third-order valence-corrected chi connectivity index (χ3v) is 3.86. The zero-order valence-corrected chi connectivity index (χ0v) is 11.8. The van der Waals surface area contributed by atoms with E-state index in [1.54, 1.807) is 0 Å². The topological polar surface area (TPSA) is 25.8 Å². The maximum Gasteiger partial charge on any atom is 0.148 e. The van der Waals surface area contributed by atoms with E-state index in [0.717, 1.165) is 6.07 Å². The first-order valence-corrected chi connectivity index (χ1v) is 6.33. The van der Waals surface area contributed by atoms with E-state index < -0.39 is 11.6 Å². The van der Waals surface area contributed by atoms with Crippen molar-refractivity contribution in [1.29, 1.82) is 0 Å². The lowest BCUT2D eigenvalue weighted by molar-refractivity contribution is 0.580. The van der Waals surface area contributed by atoms with Crippen LogP contribution in [0, 0.1) is 11.6 Å². The van der Waals surface area contributed by atoms with E-state index in [4.69, 9.17) is 23.2 Å². The summed E-state index contributed by atoms with van der Waals surface area (Å²) >= 11 is 14.7. The Labute approximate surface area is 120 Å². The first-order chi connectivity index (χ1) is 8.45. The van der Waals surface area contributed by atoms with Crippen LogP contribution in [0.5, 0.6) is 0 Å². The Kier molecular flexibility index (Phi) is 4.14. The molecule has 2 aromatic rings. The summed E-state index contributed by atoms with van der Waals surface area (Å²) < 4.78 is 26.4. The fourth-order valence-electron chi connectivity index (χ4n) is 1.41. The third-order valence-electron chi connectivity index (χ3n) is 2.10. The van der Waals surface area contributed by atoms with E-state index in [1.807, 2.05) is 0 Å². The molecule has 0 N–H and O–H groups in total. The van der Waals surface area contributed by atoms with Gasteiger partial charge >= 0.3 is 0 Å². The van der Waals surface area contributed by atoms with Crippen molar-refractivity contribution in [2.75, 3.05) is 0 Å². The van der Waals surface area contributed by atoms with E-state index >= 15 is 0 Å². The first-order valence-electron chi connectivity index (χ1n) is 4.78. The lowest BCUT2D eigenvalue weighted by atomic mass is 10.1. The van der Waals surface area contributed by atoms with Gasteiger partial charge in [-0.1, -0.05) is 23.2 Å². The number of halogens is 5. The molecule has 1 aromatic carbocycles. The van der Waals surface area contributed by atoms with Gasteiger partial charge < -0.3 is 0 Å². The molecule has 7 heteroatoms. The molecule has 0 aliphatic rings. The van der Waals surface area contributed by atoms with Gasteiger partial charge in [-0.3, -0.25) is 0 Å². The highest BCUT2D eigenvalue weighted by Gasteiger charge is 2.10. The summed E-state index contributed by atoms with van der Waals surface area (Å²) in [7, 11) is 0. The molecule has 0 spiro atoms. The van der Waals surface area contributed by atoms with Gasteiger partial charge in [0.15, 0.2) is 0 Å². The number of hydrogen-bond acceptors (Lipinski definition) is 2. The van der Waals surface area contributed by atoms with Crippen molar-refractivity contribution in [2.45, 2.75) is 6.42 Å². The molecule has 94 valence electrons. The molecule has 0 unspecified atom stereocenters. The molecule has 2 rings (SSSR count). The first kappa shape index (κ1) is 13.6. The molecule has 0 atom stereocenters. The highest BCUT2D eigenvalue weighted by Crippen LogP contribution is 2.27. The van der Waals surface area contributed by atoms with Crippen molar-refractivity contribution < 1.29 is 8.78 Å². The van der Waals surface area contributed by atoms with Crippen LogP contribution in [0.15, 0.2) is 22.7 Å². The molecule has 0 radical (unpaired) electrons. The summed E-state index contributed by atoms with van der Waals surface area (Å²) in [6.07, 6.45) is 0.140. The minimum atomic E-state index is -0.653. The lowest BCUT2D eigenvalue weighted by Gasteiger charge is -2.04. The zero-order valence-electron chi connectivity index (χ0n) is 8.72. The number of nitrogens with zero attached hydrogens (tertiary/aromatic N) is 2. The molecule has 1 heterocycles. The lowest BCUT2D eigenvalue weighted by Crippen LogP contribution is -1.99. The molecular formula is C11H5BrCl2F2N2. The standard InChI is InChI=1S/C11H5BrCl2F2N2/c12-9-10(13)17-8(18-11(9)14)3-5-1-6(15)4-7(16)2-5/h1-2,4H,3H2. The number of rotatable bonds is 2. The summed E-state index contributed by atoms with van der Waals surface area (Å²) in [5.41, 5.74) is 0.405. The maximum atomic E-state index is 13.0. The van der Waals surface area contributed by atoms with Crippen LogP contribution >= 0.6 is 39.1 Å². The van der Waals surface area contributed by atoms with Gasteiger partial charge in [-0.15, -0.1) is 0 Å². The van der Waals surface area contributed by atoms with Crippen LogP contribution in [-0.2, 0) is 6.42 Å². The quantitative estimate of drug-likeness (QED) is 0.747.